The van der Waals surface area contributed by atoms with Crippen molar-refractivity contribution >= 4 is 11.7 Å². The summed E-state index contributed by atoms with van der Waals surface area (Å²) in [7, 11) is 0. The number of pyridine rings is 1. The Labute approximate surface area is 126 Å². The number of aliphatic hydroxyl groups is 1. The Morgan fingerprint density at radius 1 is 1.43 bits per heavy atom. The second-order valence-electron chi connectivity index (χ2n) is 5.76. The van der Waals surface area contributed by atoms with Crippen molar-refractivity contribution < 1.29 is 9.90 Å². The van der Waals surface area contributed by atoms with Gasteiger partial charge in [-0.15, -0.1) is 0 Å². The van der Waals surface area contributed by atoms with E-state index in [2.05, 4.69) is 17.3 Å². The topological polar surface area (TPSA) is 91.5 Å². The molecule has 1 rings (SSSR count). The number of aryl methyl sites for hydroxylation is 1. The first-order valence-corrected chi connectivity index (χ1v) is 7.30. The standard InChI is InChI=1S/C15H26N4O2/c1-5-7-12-8-11(9-13(17-12)18-16)14(20)19(6-2)10-15(3,4)21/h8-9,21H,5-7,10,16H2,1-4H3,(H,17,18). The molecular weight excluding hydrogens is 268 g/mol. The number of nitrogens with two attached hydrogens (primary N) is 1. The Hall–Kier alpha value is -1.66. The van der Waals surface area contributed by atoms with E-state index >= 15 is 0 Å². The van der Waals surface area contributed by atoms with Crippen LogP contribution in [0.4, 0.5) is 5.82 Å². The monoisotopic (exact) mass is 294 g/mol. The summed E-state index contributed by atoms with van der Waals surface area (Å²) in [6.45, 7) is 8.12. The van der Waals surface area contributed by atoms with Crippen LogP contribution in [0.3, 0.4) is 0 Å². The predicted octanol–water partition coefficient (Wildman–Crippen LogP) is 1.55. The van der Waals surface area contributed by atoms with Gasteiger partial charge in [0.2, 0.25) is 0 Å². The van der Waals surface area contributed by atoms with Gasteiger partial charge in [0.1, 0.15) is 5.82 Å². The number of aromatic nitrogens is 1. The number of hydrazine groups is 1. The lowest BCUT2D eigenvalue weighted by atomic mass is 10.1. The van der Waals surface area contributed by atoms with Crippen LogP contribution in [-0.4, -0.2) is 39.6 Å². The van der Waals surface area contributed by atoms with E-state index in [1.807, 2.05) is 6.92 Å². The first kappa shape index (κ1) is 17.4. The third-order valence-electron chi connectivity index (χ3n) is 3.03. The highest BCUT2D eigenvalue weighted by atomic mass is 16.3. The van der Waals surface area contributed by atoms with Gasteiger partial charge in [0.25, 0.3) is 5.91 Å². The van der Waals surface area contributed by atoms with Gasteiger partial charge in [0.05, 0.1) is 5.60 Å². The number of carbonyl (C=O) groups excluding carboxylic acids is 1. The van der Waals surface area contributed by atoms with Crippen LogP contribution in [0.25, 0.3) is 0 Å². The fourth-order valence-corrected chi connectivity index (χ4v) is 2.15. The Balaban J connectivity index is 3.06. The summed E-state index contributed by atoms with van der Waals surface area (Å²) in [5.74, 6) is 5.76. The first-order valence-electron chi connectivity index (χ1n) is 7.30. The summed E-state index contributed by atoms with van der Waals surface area (Å²) in [6.07, 6.45) is 1.73. The minimum Gasteiger partial charge on any atom is -0.389 e. The zero-order valence-corrected chi connectivity index (χ0v) is 13.3. The number of hydrogen-bond acceptors (Lipinski definition) is 5. The van der Waals surface area contributed by atoms with E-state index in [0.717, 1.165) is 18.5 Å². The number of amides is 1. The number of nitrogens with zero attached hydrogens (tertiary/aromatic N) is 2. The van der Waals surface area contributed by atoms with E-state index in [1.165, 1.54) is 0 Å². The molecule has 6 nitrogen and oxygen atoms in total. The van der Waals surface area contributed by atoms with Crippen molar-refractivity contribution in [2.45, 2.75) is 46.1 Å². The smallest absolute Gasteiger partial charge is 0.254 e. The van der Waals surface area contributed by atoms with Crippen LogP contribution in [0.15, 0.2) is 12.1 Å². The molecule has 1 heterocycles. The third kappa shape index (κ3) is 5.32. The van der Waals surface area contributed by atoms with Crippen LogP contribution in [-0.2, 0) is 6.42 Å². The molecule has 6 heteroatoms. The number of rotatable bonds is 7. The van der Waals surface area contributed by atoms with Gasteiger partial charge in [-0.25, -0.2) is 10.8 Å². The second-order valence-corrected chi connectivity index (χ2v) is 5.76. The predicted molar refractivity (Wildman–Crippen MR) is 83.9 cm³/mol. The van der Waals surface area contributed by atoms with Crippen molar-refractivity contribution in [2.75, 3.05) is 18.5 Å². The average Bonchev–Trinajstić information content (AvgIpc) is 2.43. The number of nitrogen functional groups attached to an aromatic ring is 1. The molecule has 1 aromatic rings. The number of anilines is 1. The Bertz CT molecular complexity index is 483. The van der Waals surface area contributed by atoms with Gasteiger partial charge in [0, 0.05) is 24.3 Å². The van der Waals surface area contributed by atoms with Crippen LogP contribution in [0.1, 0.15) is 50.2 Å². The second kappa shape index (κ2) is 7.38. The zero-order valence-electron chi connectivity index (χ0n) is 13.3. The SMILES string of the molecule is CCCc1cc(C(=O)N(CC)CC(C)(C)O)cc(NN)n1. The fourth-order valence-electron chi connectivity index (χ4n) is 2.15. The van der Waals surface area contributed by atoms with Crippen LogP contribution < -0.4 is 11.3 Å². The average molecular weight is 294 g/mol. The summed E-state index contributed by atoms with van der Waals surface area (Å²) in [5, 5.41) is 9.92. The van der Waals surface area contributed by atoms with Crippen LogP contribution in [0.2, 0.25) is 0 Å². The van der Waals surface area contributed by atoms with Crippen molar-refractivity contribution in [1.29, 1.82) is 0 Å². The van der Waals surface area contributed by atoms with Gasteiger partial charge in [-0.05, 0) is 39.3 Å². The van der Waals surface area contributed by atoms with Crippen molar-refractivity contribution in [3.05, 3.63) is 23.4 Å². The molecule has 0 bridgehead atoms. The van der Waals surface area contributed by atoms with E-state index < -0.39 is 5.60 Å². The van der Waals surface area contributed by atoms with Gasteiger partial charge < -0.3 is 15.4 Å². The lowest BCUT2D eigenvalue weighted by molar-refractivity contribution is 0.0314. The van der Waals surface area contributed by atoms with Gasteiger partial charge in [0.15, 0.2) is 0 Å². The first-order chi connectivity index (χ1) is 9.80. The highest BCUT2D eigenvalue weighted by molar-refractivity contribution is 5.95. The van der Waals surface area contributed by atoms with E-state index in [-0.39, 0.29) is 12.5 Å². The molecule has 0 radical (unpaired) electrons. The maximum Gasteiger partial charge on any atom is 0.254 e. The molecular formula is C15H26N4O2. The molecule has 0 unspecified atom stereocenters. The fraction of sp³-hybridized carbons (Fsp3) is 0.600. The molecule has 0 saturated heterocycles. The normalized spacial score (nSPS) is 11.3. The summed E-state index contributed by atoms with van der Waals surface area (Å²) in [6, 6.07) is 3.42. The zero-order chi connectivity index (χ0) is 16.0. The molecule has 0 atom stereocenters. The molecule has 1 amide bonds. The maximum absolute atomic E-state index is 12.6. The highest BCUT2D eigenvalue weighted by Crippen LogP contribution is 2.15. The Morgan fingerprint density at radius 2 is 2.10 bits per heavy atom. The highest BCUT2D eigenvalue weighted by Gasteiger charge is 2.23. The molecule has 118 valence electrons. The third-order valence-corrected chi connectivity index (χ3v) is 3.03. The van der Waals surface area contributed by atoms with Crippen LogP contribution in [0.5, 0.6) is 0 Å². The van der Waals surface area contributed by atoms with Crippen LogP contribution >= 0.6 is 0 Å². The number of likely N-dealkylation sites (N-methyl/N-ethyl adjacent to an activating group) is 1. The largest absolute Gasteiger partial charge is 0.389 e. The molecule has 0 saturated carbocycles. The van der Waals surface area contributed by atoms with Crippen molar-refractivity contribution in [2.24, 2.45) is 5.84 Å². The van der Waals surface area contributed by atoms with Crippen molar-refractivity contribution in [1.82, 2.24) is 9.88 Å². The number of nitrogens with one attached hydrogen (secondary N) is 1. The van der Waals surface area contributed by atoms with Crippen LogP contribution in [0, 0.1) is 0 Å². The summed E-state index contributed by atoms with van der Waals surface area (Å²) in [5.41, 5.74) is 2.93. The number of carbonyl (C=O) groups is 1. The van der Waals surface area contributed by atoms with Crippen molar-refractivity contribution in [3.8, 4) is 0 Å². The molecule has 0 fully saturated rings. The molecule has 21 heavy (non-hydrogen) atoms. The van der Waals surface area contributed by atoms with E-state index in [9.17, 15) is 9.90 Å². The summed E-state index contributed by atoms with van der Waals surface area (Å²) in [4.78, 5) is 18.5. The molecule has 1 aromatic heterocycles. The van der Waals surface area contributed by atoms with Gasteiger partial charge >= 0.3 is 0 Å². The quantitative estimate of drug-likeness (QED) is 0.524. The van der Waals surface area contributed by atoms with E-state index in [4.69, 9.17) is 5.84 Å². The van der Waals surface area contributed by atoms with E-state index in [0.29, 0.717) is 17.9 Å². The molecule has 0 aliphatic rings. The van der Waals surface area contributed by atoms with Crippen molar-refractivity contribution in [3.63, 3.8) is 0 Å². The van der Waals surface area contributed by atoms with Gasteiger partial charge in [-0.1, -0.05) is 13.3 Å². The maximum atomic E-state index is 12.6. The molecule has 0 aliphatic heterocycles. The number of hydrogen-bond donors (Lipinski definition) is 3. The summed E-state index contributed by atoms with van der Waals surface area (Å²) >= 11 is 0. The minimum atomic E-state index is -0.931. The van der Waals surface area contributed by atoms with Gasteiger partial charge in [-0.3, -0.25) is 4.79 Å². The lowest BCUT2D eigenvalue weighted by Crippen LogP contribution is -2.42. The summed E-state index contributed by atoms with van der Waals surface area (Å²) < 4.78 is 0. The molecule has 4 N–H and O–H groups in total. The lowest BCUT2D eigenvalue weighted by Gasteiger charge is -2.28. The minimum absolute atomic E-state index is 0.129. The Morgan fingerprint density at radius 3 is 2.57 bits per heavy atom. The molecule has 0 aromatic carbocycles. The molecule has 0 aliphatic carbocycles. The molecule has 0 spiro atoms. The van der Waals surface area contributed by atoms with Gasteiger partial charge in [-0.2, -0.15) is 0 Å². The van der Waals surface area contributed by atoms with E-state index in [1.54, 1.807) is 30.9 Å². The Kier molecular flexibility index (Phi) is 6.11.